The molecule has 0 bridgehead atoms. The van der Waals surface area contributed by atoms with E-state index in [2.05, 4.69) is 59.7 Å². The highest BCUT2D eigenvalue weighted by Crippen LogP contribution is 2.27. The second-order valence-corrected chi connectivity index (χ2v) is 6.69. The van der Waals surface area contributed by atoms with Crippen LogP contribution in [0.4, 0.5) is 0 Å². The minimum absolute atomic E-state index is 0.443. The van der Waals surface area contributed by atoms with Gasteiger partial charge < -0.3 is 10.1 Å². The van der Waals surface area contributed by atoms with Crippen LogP contribution in [0.2, 0.25) is 0 Å². The molecular formula is C23H23N3OS. The Morgan fingerprint density at radius 1 is 1.11 bits per heavy atom. The molecule has 2 N–H and O–H groups in total. The van der Waals surface area contributed by atoms with E-state index in [9.17, 15) is 0 Å². The molecule has 0 aliphatic carbocycles. The Bertz CT molecular complexity index is 1010. The van der Waals surface area contributed by atoms with Crippen molar-refractivity contribution in [2.75, 3.05) is 6.54 Å². The van der Waals surface area contributed by atoms with Gasteiger partial charge in [0.05, 0.1) is 6.21 Å². The first-order valence-corrected chi connectivity index (χ1v) is 9.46. The lowest BCUT2D eigenvalue weighted by Gasteiger charge is -2.13. The number of fused-ring (bicyclic) bond motifs is 1. The van der Waals surface area contributed by atoms with Gasteiger partial charge in [-0.05, 0) is 47.1 Å². The molecule has 0 saturated carbocycles. The summed E-state index contributed by atoms with van der Waals surface area (Å²) >= 11 is 5.18. The van der Waals surface area contributed by atoms with E-state index in [-0.39, 0.29) is 0 Å². The van der Waals surface area contributed by atoms with Crippen molar-refractivity contribution in [3.63, 3.8) is 0 Å². The van der Waals surface area contributed by atoms with Gasteiger partial charge in [-0.1, -0.05) is 60.7 Å². The molecule has 0 heterocycles. The summed E-state index contributed by atoms with van der Waals surface area (Å²) < 4.78 is 6.15. The highest BCUT2D eigenvalue weighted by Gasteiger charge is 2.08. The Labute approximate surface area is 170 Å². The number of nitrogens with one attached hydrogen (secondary N) is 2. The van der Waals surface area contributed by atoms with E-state index < -0.39 is 0 Å². The minimum Gasteiger partial charge on any atom is -0.488 e. The molecule has 3 rings (SSSR count). The lowest BCUT2D eigenvalue weighted by Crippen LogP contribution is -2.31. The third-order valence-corrected chi connectivity index (χ3v) is 4.58. The molecule has 142 valence electrons. The van der Waals surface area contributed by atoms with Gasteiger partial charge in [-0.15, -0.1) is 6.58 Å². The number of thiocarbonyl (C=S) groups is 1. The summed E-state index contributed by atoms with van der Waals surface area (Å²) in [6, 6.07) is 20.4. The topological polar surface area (TPSA) is 45.7 Å². The molecule has 28 heavy (non-hydrogen) atoms. The first-order valence-electron chi connectivity index (χ1n) is 9.06. The van der Waals surface area contributed by atoms with Crippen LogP contribution in [-0.4, -0.2) is 17.9 Å². The van der Waals surface area contributed by atoms with Crippen LogP contribution in [0.1, 0.15) is 16.7 Å². The fourth-order valence-corrected chi connectivity index (χ4v) is 2.96. The van der Waals surface area contributed by atoms with E-state index in [4.69, 9.17) is 17.0 Å². The van der Waals surface area contributed by atoms with Crippen molar-refractivity contribution in [3.05, 3.63) is 90.0 Å². The SMILES string of the molecule is C=CCNC(=S)N/N=C/c1c(OCc2ccccc2C)ccc2ccccc12. The van der Waals surface area contributed by atoms with Crippen LogP contribution in [0, 0.1) is 6.92 Å². The predicted molar refractivity (Wildman–Crippen MR) is 121 cm³/mol. The number of hydrogen-bond donors (Lipinski definition) is 2. The van der Waals surface area contributed by atoms with Crippen molar-refractivity contribution in [2.24, 2.45) is 5.10 Å². The first-order chi connectivity index (χ1) is 13.7. The smallest absolute Gasteiger partial charge is 0.187 e. The van der Waals surface area contributed by atoms with E-state index in [0.29, 0.717) is 18.3 Å². The summed E-state index contributed by atoms with van der Waals surface area (Å²) in [7, 11) is 0. The van der Waals surface area contributed by atoms with E-state index >= 15 is 0 Å². The summed E-state index contributed by atoms with van der Waals surface area (Å²) in [5.41, 5.74) is 6.10. The van der Waals surface area contributed by atoms with Crippen LogP contribution in [0.25, 0.3) is 10.8 Å². The molecule has 0 amide bonds. The minimum atomic E-state index is 0.443. The van der Waals surface area contributed by atoms with Gasteiger partial charge in [0.25, 0.3) is 0 Å². The van der Waals surface area contributed by atoms with Crippen LogP contribution in [0.3, 0.4) is 0 Å². The summed E-state index contributed by atoms with van der Waals surface area (Å²) in [6.45, 7) is 6.82. The van der Waals surface area contributed by atoms with Crippen molar-refractivity contribution in [3.8, 4) is 5.75 Å². The first kappa shape index (κ1) is 19.6. The van der Waals surface area contributed by atoms with Crippen LogP contribution in [0.15, 0.2) is 78.4 Å². The maximum absolute atomic E-state index is 6.15. The van der Waals surface area contributed by atoms with Gasteiger partial charge in [0.15, 0.2) is 5.11 Å². The number of benzene rings is 3. The largest absolute Gasteiger partial charge is 0.488 e. The maximum atomic E-state index is 6.15. The molecule has 0 unspecified atom stereocenters. The van der Waals surface area contributed by atoms with Gasteiger partial charge in [0.1, 0.15) is 12.4 Å². The lowest BCUT2D eigenvalue weighted by atomic mass is 10.0. The van der Waals surface area contributed by atoms with E-state index in [1.807, 2.05) is 30.3 Å². The zero-order chi connectivity index (χ0) is 19.8. The molecule has 3 aromatic carbocycles. The van der Waals surface area contributed by atoms with Gasteiger partial charge in [-0.3, -0.25) is 5.43 Å². The number of aryl methyl sites for hydroxylation is 1. The number of nitrogens with zero attached hydrogens (tertiary/aromatic N) is 1. The fraction of sp³-hybridized carbons (Fsp3) is 0.130. The highest BCUT2D eigenvalue weighted by molar-refractivity contribution is 7.80. The maximum Gasteiger partial charge on any atom is 0.187 e. The van der Waals surface area contributed by atoms with Gasteiger partial charge in [-0.2, -0.15) is 5.10 Å². The Kier molecular flexibility index (Phi) is 6.76. The molecule has 0 saturated heterocycles. The number of rotatable bonds is 7. The van der Waals surface area contributed by atoms with E-state index in [1.165, 1.54) is 5.56 Å². The van der Waals surface area contributed by atoms with Gasteiger partial charge >= 0.3 is 0 Å². The van der Waals surface area contributed by atoms with Crippen molar-refractivity contribution in [1.29, 1.82) is 0 Å². The van der Waals surface area contributed by atoms with Crippen molar-refractivity contribution in [2.45, 2.75) is 13.5 Å². The van der Waals surface area contributed by atoms with Gasteiger partial charge in [0, 0.05) is 12.1 Å². The molecule has 3 aromatic rings. The predicted octanol–water partition coefficient (Wildman–Crippen LogP) is 4.71. The molecule has 0 aliphatic rings. The molecule has 0 spiro atoms. The molecule has 0 aromatic heterocycles. The summed E-state index contributed by atoms with van der Waals surface area (Å²) in [5, 5.41) is 9.90. The van der Waals surface area contributed by atoms with Crippen molar-refractivity contribution < 1.29 is 4.74 Å². The molecule has 0 radical (unpaired) electrons. The Hall–Kier alpha value is -3.18. The van der Waals surface area contributed by atoms with Crippen LogP contribution < -0.4 is 15.5 Å². The van der Waals surface area contributed by atoms with E-state index in [1.54, 1.807) is 12.3 Å². The van der Waals surface area contributed by atoms with Gasteiger partial charge in [-0.25, -0.2) is 0 Å². The molecule has 0 atom stereocenters. The molecule has 0 fully saturated rings. The molecule has 5 heteroatoms. The Morgan fingerprint density at radius 2 is 1.89 bits per heavy atom. The normalized spacial score (nSPS) is 10.8. The number of ether oxygens (including phenoxy) is 1. The molecule has 4 nitrogen and oxygen atoms in total. The Morgan fingerprint density at radius 3 is 2.71 bits per heavy atom. The Balaban J connectivity index is 1.85. The average molecular weight is 390 g/mol. The molecule has 0 aliphatic heterocycles. The third-order valence-electron chi connectivity index (χ3n) is 4.34. The fourth-order valence-electron chi connectivity index (χ4n) is 2.82. The monoisotopic (exact) mass is 389 g/mol. The second-order valence-electron chi connectivity index (χ2n) is 6.28. The number of hydrazone groups is 1. The van der Waals surface area contributed by atoms with Crippen LogP contribution >= 0.6 is 12.2 Å². The van der Waals surface area contributed by atoms with E-state index in [0.717, 1.165) is 27.6 Å². The van der Waals surface area contributed by atoms with Crippen LogP contribution in [-0.2, 0) is 6.61 Å². The zero-order valence-corrected chi connectivity index (χ0v) is 16.6. The third kappa shape index (κ3) is 4.96. The zero-order valence-electron chi connectivity index (χ0n) is 15.8. The van der Waals surface area contributed by atoms with Gasteiger partial charge in [0.2, 0.25) is 0 Å². The van der Waals surface area contributed by atoms with Crippen molar-refractivity contribution >= 4 is 34.3 Å². The van der Waals surface area contributed by atoms with Crippen LogP contribution in [0.5, 0.6) is 5.75 Å². The second kappa shape index (κ2) is 9.67. The summed E-state index contributed by atoms with van der Waals surface area (Å²) in [4.78, 5) is 0. The summed E-state index contributed by atoms with van der Waals surface area (Å²) in [6.07, 6.45) is 3.48. The lowest BCUT2D eigenvalue weighted by molar-refractivity contribution is 0.305. The quantitative estimate of drug-likeness (QED) is 0.266. The summed E-state index contributed by atoms with van der Waals surface area (Å²) in [5.74, 6) is 0.775. The average Bonchev–Trinajstić information content (AvgIpc) is 2.72. The number of hydrogen-bond acceptors (Lipinski definition) is 3. The van der Waals surface area contributed by atoms with Crippen molar-refractivity contribution in [1.82, 2.24) is 10.7 Å². The highest BCUT2D eigenvalue weighted by atomic mass is 32.1. The standard InChI is InChI=1S/C23H23N3OS/c1-3-14-24-23(28)26-25-15-21-20-11-7-6-9-18(20)12-13-22(21)27-16-19-10-5-4-8-17(19)2/h3-13,15H,1,14,16H2,2H3,(H2,24,26,28)/b25-15+. The molecular weight excluding hydrogens is 366 g/mol.